The Labute approximate surface area is 157 Å². The van der Waals surface area contributed by atoms with Crippen LogP contribution >= 0.6 is 0 Å². The number of morpholine rings is 1. The fourth-order valence-electron chi connectivity index (χ4n) is 2.69. The SMILES string of the molecule is O=C(Cc1ccc([C@@H]2CNCCO2)c(F)c1)c1cncc(OCC(F)(F)F)n1. The monoisotopic (exact) mass is 399 g/mol. The molecule has 1 aliphatic rings. The number of ether oxygens (including phenoxy) is 2. The van der Waals surface area contributed by atoms with Crippen LogP contribution in [0.5, 0.6) is 5.88 Å². The van der Waals surface area contributed by atoms with E-state index in [-0.39, 0.29) is 12.1 Å². The van der Waals surface area contributed by atoms with Gasteiger partial charge in [0.05, 0.1) is 25.1 Å². The largest absolute Gasteiger partial charge is 0.467 e. The van der Waals surface area contributed by atoms with Crippen LogP contribution in [0.1, 0.15) is 27.7 Å². The zero-order valence-corrected chi connectivity index (χ0v) is 14.6. The lowest BCUT2D eigenvalue weighted by molar-refractivity contribution is -0.154. The molecule has 0 spiro atoms. The first kappa shape index (κ1) is 20.2. The molecule has 3 rings (SSSR count). The van der Waals surface area contributed by atoms with Crippen molar-refractivity contribution in [1.82, 2.24) is 15.3 Å². The van der Waals surface area contributed by atoms with Crippen molar-refractivity contribution in [3.05, 3.63) is 53.2 Å². The standard InChI is InChI=1S/C18H17F4N3O3/c19-13-5-11(1-2-12(13)16-8-23-3-4-27-16)6-15(26)14-7-24-9-17(25-14)28-10-18(20,21)22/h1-2,5,7,9,16,23H,3-4,6,8,10H2/t16-/m0/s1. The van der Waals surface area contributed by atoms with Gasteiger partial charge in [-0.1, -0.05) is 12.1 Å². The molecule has 10 heteroatoms. The number of carbonyl (C=O) groups excluding carboxylic acids is 1. The number of hydrogen-bond acceptors (Lipinski definition) is 6. The Balaban J connectivity index is 1.66. The Morgan fingerprint density at radius 2 is 2.14 bits per heavy atom. The molecule has 1 aromatic heterocycles. The Bertz CT molecular complexity index is 839. The summed E-state index contributed by atoms with van der Waals surface area (Å²) >= 11 is 0. The minimum Gasteiger partial charge on any atom is -0.467 e. The highest BCUT2D eigenvalue weighted by molar-refractivity contribution is 5.95. The molecule has 0 radical (unpaired) electrons. The maximum absolute atomic E-state index is 14.4. The average Bonchev–Trinajstić information content (AvgIpc) is 2.67. The lowest BCUT2D eigenvalue weighted by Gasteiger charge is -2.24. The van der Waals surface area contributed by atoms with Crippen LogP contribution in [0.25, 0.3) is 0 Å². The van der Waals surface area contributed by atoms with Gasteiger partial charge in [0.1, 0.15) is 11.5 Å². The van der Waals surface area contributed by atoms with Gasteiger partial charge in [0.15, 0.2) is 12.4 Å². The van der Waals surface area contributed by atoms with Gasteiger partial charge in [-0.25, -0.2) is 9.37 Å². The number of benzene rings is 1. The van der Waals surface area contributed by atoms with E-state index in [0.717, 1.165) is 12.4 Å². The molecule has 2 heterocycles. The summed E-state index contributed by atoms with van der Waals surface area (Å²) in [5.41, 5.74) is 0.633. The molecule has 1 aliphatic heterocycles. The van der Waals surface area contributed by atoms with E-state index in [1.807, 2.05) is 0 Å². The van der Waals surface area contributed by atoms with Crippen molar-refractivity contribution < 1.29 is 31.8 Å². The van der Waals surface area contributed by atoms with E-state index >= 15 is 0 Å². The molecular weight excluding hydrogens is 382 g/mol. The molecule has 0 amide bonds. The summed E-state index contributed by atoms with van der Waals surface area (Å²) in [5.74, 6) is -1.42. The summed E-state index contributed by atoms with van der Waals surface area (Å²) in [7, 11) is 0. The highest BCUT2D eigenvalue weighted by Gasteiger charge is 2.29. The van der Waals surface area contributed by atoms with Crippen LogP contribution in [0.3, 0.4) is 0 Å². The molecule has 1 fully saturated rings. The van der Waals surface area contributed by atoms with Crippen molar-refractivity contribution in [3.8, 4) is 5.88 Å². The van der Waals surface area contributed by atoms with Gasteiger partial charge >= 0.3 is 6.18 Å². The van der Waals surface area contributed by atoms with Crippen molar-refractivity contribution in [3.63, 3.8) is 0 Å². The first-order valence-corrected chi connectivity index (χ1v) is 8.47. The number of rotatable bonds is 6. The predicted molar refractivity (Wildman–Crippen MR) is 89.6 cm³/mol. The first-order valence-electron chi connectivity index (χ1n) is 8.47. The van der Waals surface area contributed by atoms with E-state index in [9.17, 15) is 22.4 Å². The van der Waals surface area contributed by atoms with E-state index in [0.29, 0.717) is 30.8 Å². The number of carbonyl (C=O) groups is 1. The van der Waals surface area contributed by atoms with Gasteiger partial charge in [-0.15, -0.1) is 0 Å². The third-order valence-corrected chi connectivity index (χ3v) is 3.99. The Morgan fingerprint density at radius 1 is 1.32 bits per heavy atom. The summed E-state index contributed by atoms with van der Waals surface area (Å²) in [5, 5.41) is 3.11. The number of alkyl halides is 3. The number of ketones is 1. The zero-order chi connectivity index (χ0) is 20.1. The summed E-state index contributed by atoms with van der Waals surface area (Å²) in [6.07, 6.45) is -3.01. The van der Waals surface area contributed by atoms with E-state index in [4.69, 9.17) is 4.74 Å². The lowest BCUT2D eigenvalue weighted by Crippen LogP contribution is -2.33. The number of nitrogens with one attached hydrogen (secondary N) is 1. The quantitative estimate of drug-likeness (QED) is 0.595. The van der Waals surface area contributed by atoms with E-state index < -0.39 is 36.4 Å². The van der Waals surface area contributed by atoms with Crippen LogP contribution in [0.2, 0.25) is 0 Å². The molecule has 0 aliphatic carbocycles. The first-order chi connectivity index (χ1) is 13.3. The molecule has 150 valence electrons. The fourth-order valence-corrected chi connectivity index (χ4v) is 2.69. The number of halogens is 4. The summed E-state index contributed by atoms with van der Waals surface area (Å²) in [6.45, 7) is 0.146. The molecule has 0 saturated carbocycles. The Kier molecular flexibility index (Phi) is 6.20. The normalized spacial score (nSPS) is 17.4. The summed E-state index contributed by atoms with van der Waals surface area (Å²) in [6, 6.07) is 4.40. The van der Waals surface area contributed by atoms with Crippen LogP contribution in [0, 0.1) is 5.82 Å². The van der Waals surface area contributed by atoms with Crippen molar-refractivity contribution >= 4 is 5.78 Å². The molecule has 1 N–H and O–H groups in total. The van der Waals surface area contributed by atoms with Crippen molar-refractivity contribution in [2.45, 2.75) is 18.7 Å². The van der Waals surface area contributed by atoms with Crippen LogP contribution in [-0.2, 0) is 11.2 Å². The third-order valence-electron chi connectivity index (χ3n) is 3.99. The predicted octanol–water partition coefficient (Wildman–Crippen LogP) is 2.64. The molecule has 1 aromatic carbocycles. The van der Waals surface area contributed by atoms with Crippen molar-refractivity contribution in [2.24, 2.45) is 0 Å². The third kappa shape index (κ3) is 5.46. The van der Waals surface area contributed by atoms with Crippen LogP contribution in [0.15, 0.2) is 30.6 Å². The average molecular weight is 399 g/mol. The highest BCUT2D eigenvalue weighted by Crippen LogP contribution is 2.23. The second-order valence-electron chi connectivity index (χ2n) is 6.17. The zero-order valence-electron chi connectivity index (χ0n) is 14.6. The maximum Gasteiger partial charge on any atom is 0.422 e. The van der Waals surface area contributed by atoms with Gasteiger partial charge in [0, 0.05) is 25.1 Å². The van der Waals surface area contributed by atoms with E-state index in [2.05, 4.69) is 20.0 Å². The molecule has 2 aromatic rings. The Hall–Kier alpha value is -2.59. The van der Waals surface area contributed by atoms with Gasteiger partial charge in [-0.05, 0) is 11.6 Å². The van der Waals surface area contributed by atoms with Gasteiger partial charge in [-0.3, -0.25) is 9.78 Å². The number of nitrogens with zero attached hydrogens (tertiary/aromatic N) is 2. The van der Waals surface area contributed by atoms with Gasteiger partial charge in [-0.2, -0.15) is 13.2 Å². The summed E-state index contributed by atoms with van der Waals surface area (Å²) in [4.78, 5) is 19.7. The van der Waals surface area contributed by atoms with Crippen LogP contribution < -0.4 is 10.1 Å². The Morgan fingerprint density at radius 3 is 2.82 bits per heavy atom. The van der Waals surface area contributed by atoms with Crippen LogP contribution in [0.4, 0.5) is 17.6 Å². The van der Waals surface area contributed by atoms with Crippen molar-refractivity contribution in [2.75, 3.05) is 26.3 Å². The van der Waals surface area contributed by atoms with Gasteiger partial charge in [0.2, 0.25) is 5.88 Å². The molecule has 1 atom stereocenters. The molecule has 1 saturated heterocycles. The van der Waals surface area contributed by atoms with E-state index in [1.54, 1.807) is 12.1 Å². The number of Topliss-reactive ketones (excluding diaryl/α,β-unsaturated/α-hetero) is 1. The van der Waals surface area contributed by atoms with Crippen molar-refractivity contribution in [1.29, 1.82) is 0 Å². The van der Waals surface area contributed by atoms with Gasteiger partial charge < -0.3 is 14.8 Å². The molecule has 0 unspecified atom stereocenters. The fraction of sp³-hybridized carbons (Fsp3) is 0.389. The molecule has 28 heavy (non-hydrogen) atoms. The lowest BCUT2D eigenvalue weighted by atomic mass is 10.0. The number of hydrogen-bond donors (Lipinski definition) is 1. The maximum atomic E-state index is 14.4. The summed E-state index contributed by atoms with van der Waals surface area (Å²) < 4.78 is 61.0. The smallest absolute Gasteiger partial charge is 0.422 e. The minimum absolute atomic E-state index is 0.163. The molecule has 6 nitrogen and oxygen atoms in total. The van der Waals surface area contributed by atoms with Crippen LogP contribution in [-0.4, -0.2) is 48.2 Å². The number of aromatic nitrogens is 2. The van der Waals surface area contributed by atoms with Gasteiger partial charge in [0.25, 0.3) is 0 Å². The molecular formula is C18H17F4N3O3. The highest BCUT2D eigenvalue weighted by atomic mass is 19.4. The topological polar surface area (TPSA) is 73.3 Å². The molecule has 0 bridgehead atoms. The second kappa shape index (κ2) is 8.61. The minimum atomic E-state index is -4.53. The van der Waals surface area contributed by atoms with E-state index in [1.165, 1.54) is 6.07 Å². The second-order valence-corrected chi connectivity index (χ2v) is 6.17.